The van der Waals surface area contributed by atoms with Crippen LogP contribution in [0.25, 0.3) is 0 Å². The Morgan fingerprint density at radius 1 is 1.15 bits per heavy atom. The first-order valence-corrected chi connectivity index (χ1v) is 9.14. The second-order valence-corrected chi connectivity index (χ2v) is 6.82. The molecule has 1 aliphatic heterocycles. The number of nitrogens with zero attached hydrogens (tertiary/aromatic N) is 2. The van der Waals surface area contributed by atoms with E-state index in [1.165, 1.54) is 13.2 Å². The first-order valence-electron chi connectivity index (χ1n) is 9.14. The maximum Gasteiger partial charge on any atom is 0.253 e. The third-order valence-electron chi connectivity index (χ3n) is 5.02. The minimum Gasteiger partial charge on any atom is -0.494 e. The number of carbonyl (C=O) groups is 1. The number of anilines is 1. The Hall–Kier alpha value is -2.60. The Balaban J connectivity index is 1.57. The fourth-order valence-electron chi connectivity index (χ4n) is 3.44. The van der Waals surface area contributed by atoms with Gasteiger partial charge in [-0.15, -0.1) is 0 Å². The number of rotatable bonds is 5. The van der Waals surface area contributed by atoms with Crippen LogP contribution in [0.1, 0.15) is 21.5 Å². The molecule has 2 aromatic carbocycles. The maximum atomic E-state index is 13.8. The normalized spacial score (nSPS) is 14.9. The highest BCUT2D eigenvalue weighted by molar-refractivity contribution is 5.95. The molecule has 0 radical (unpaired) electrons. The van der Waals surface area contributed by atoms with Gasteiger partial charge in [0, 0.05) is 51.0 Å². The van der Waals surface area contributed by atoms with Gasteiger partial charge in [-0.25, -0.2) is 4.39 Å². The summed E-state index contributed by atoms with van der Waals surface area (Å²) in [5.74, 6) is -0.0196. The summed E-state index contributed by atoms with van der Waals surface area (Å²) in [5.41, 5.74) is 3.72. The van der Waals surface area contributed by atoms with Gasteiger partial charge in [-0.3, -0.25) is 9.69 Å². The average Bonchev–Trinajstić information content (AvgIpc) is 2.68. The lowest BCUT2D eigenvalue weighted by Gasteiger charge is -2.35. The summed E-state index contributed by atoms with van der Waals surface area (Å²) in [6.45, 7) is 5.54. The van der Waals surface area contributed by atoms with Gasteiger partial charge in [-0.2, -0.15) is 0 Å². The molecule has 0 unspecified atom stereocenters. The molecule has 0 atom stereocenters. The molecule has 5 nitrogen and oxygen atoms in total. The summed E-state index contributed by atoms with van der Waals surface area (Å²) in [6.07, 6.45) is 0. The number of carbonyl (C=O) groups excluding carboxylic acids is 1. The zero-order valence-corrected chi connectivity index (χ0v) is 16.1. The van der Waals surface area contributed by atoms with Crippen LogP contribution in [0.2, 0.25) is 0 Å². The molecule has 0 aliphatic carbocycles. The van der Waals surface area contributed by atoms with Crippen LogP contribution in [0.5, 0.6) is 5.75 Å². The minimum absolute atomic E-state index is 0.0656. The van der Waals surface area contributed by atoms with Gasteiger partial charge in [0.1, 0.15) is 0 Å². The van der Waals surface area contributed by atoms with Crippen molar-refractivity contribution in [2.45, 2.75) is 13.5 Å². The molecule has 1 aliphatic rings. The Morgan fingerprint density at radius 3 is 2.48 bits per heavy atom. The topological polar surface area (TPSA) is 44.8 Å². The number of amides is 1. The molecule has 1 saturated heterocycles. The van der Waals surface area contributed by atoms with Gasteiger partial charge in [0.05, 0.1) is 7.11 Å². The van der Waals surface area contributed by atoms with Gasteiger partial charge in [-0.1, -0.05) is 6.07 Å². The van der Waals surface area contributed by atoms with Gasteiger partial charge < -0.3 is 15.0 Å². The molecule has 1 heterocycles. The summed E-state index contributed by atoms with van der Waals surface area (Å²) < 4.78 is 18.8. The van der Waals surface area contributed by atoms with Crippen LogP contribution in [-0.4, -0.2) is 56.0 Å². The van der Waals surface area contributed by atoms with Gasteiger partial charge in [0.2, 0.25) is 0 Å². The van der Waals surface area contributed by atoms with E-state index in [4.69, 9.17) is 4.74 Å². The van der Waals surface area contributed by atoms with E-state index in [0.29, 0.717) is 19.6 Å². The van der Waals surface area contributed by atoms with Gasteiger partial charge in [0.15, 0.2) is 11.6 Å². The molecule has 0 aromatic heterocycles. The minimum atomic E-state index is -0.343. The van der Waals surface area contributed by atoms with E-state index < -0.39 is 0 Å². The van der Waals surface area contributed by atoms with E-state index in [2.05, 4.69) is 10.2 Å². The molecule has 27 heavy (non-hydrogen) atoms. The summed E-state index contributed by atoms with van der Waals surface area (Å²) in [4.78, 5) is 16.9. The molecular formula is C21H26FN3O2. The SMILES string of the molecule is CNc1ccc(C(=O)N2CCN(Cc3ccc(OC)c(F)c3)CC2)cc1C. The summed E-state index contributed by atoms with van der Waals surface area (Å²) >= 11 is 0. The first kappa shape index (κ1) is 19.2. The third-order valence-corrected chi connectivity index (χ3v) is 5.02. The van der Waals surface area contributed by atoms with E-state index in [-0.39, 0.29) is 17.5 Å². The Labute approximate surface area is 159 Å². The zero-order chi connectivity index (χ0) is 19.4. The van der Waals surface area contributed by atoms with Crippen molar-refractivity contribution < 1.29 is 13.9 Å². The van der Waals surface area contributed by atoms with Crippen molar-refractivity contribution in [3.63, 3.8) is 0 Å². The molecule has 0 bridgehead atoms. The molecule has 1 amide bonds. The molecule has 6 heteroatoms. The monoisotopic (exact) mass is 371 g/mol. The van der Waals surface area contributed by atoms with Crippen LogP contribution in [0, 0.1) is 12.7 Å². The van der Waals surface area contributed by atoms with Crippen LogP contribution < -0.4 is 10.1 Å². The van der Waals surface area contributed by atoms with Crippen molar-refractivity contribution in [1.82, 2.24) is 9.80 Å². The second kappa shape index (κ2) is 8.39. The smallest absolute Gasteiger partial charge is 0.253 e. The van der Waals surface area contributed by atoms with Gasteiger partial charge in [0.25, 0.3) is 5.91 Å². The second-order valence-electron chi connectivity index (χ2n) is 6.82. The van der Waals surface area contributed by atoms with E-state index in [1.54, 1.807) is 6.07 Å². The molecule has 3 rings (SSSR count). The van der Waals surface area contributed by atoms with Gasteiger partial charge in [-0.05, 0) is 48.4 Å². The number of aryl methyl sites for hydroxylation is 1. The number of ether oxygens (including phenoxy) is 1. The number of nitrogens with one attached hydrogen (secondary N) is 1. The first-order chi connectivity index (χ1) is 13.0. The predicted molar refractivity (Wildman–Crippen MR) is 105 cm³/mol. The lowest BCUT2D eigenvalue weighted by atomic mass is 10.1. The number of halogens is 1. The number of piperazine rings is 1. The van der Waals surface area contributed by atoms with E-state index >= 15 is 0 Å². The van der Waals surface area contributed by atoms with Crippen molar-refractivity contribution >= 4 is 11.6 Å². The van der Waals surface area contributed by atoms with Crippen molar-refractivity contribution in [2.75, 3.05) is 45.7 Å². The predicted octanol–water partition coefficient (Wildman–Crippen LogP) is 3.14. The van der Waals surface area contributed by atoms with Crippen molar-refractivity contribution in [1.29, 1.82) is 0 Å². The highest BCUT2D eigenvalue weighted by Crippen LogP contribution is 2.20. The molecule has 1 N–H and O–H groups in total. The van der Waals surface area contributed by atoms with Crippen LogP contribution in [0.4, 0.5) is 10.1 Å². The summed E-state index contributed by atoms with van der Waals surface area (Å²) in [7, 11) is 3.33. The quantitative estimate of drug-likeness (QED) is 0.877. The number of hydrogen-bond donors (Lipinski definition) is 1. The lowest BCUT2D eigenvalue weighted by Crippen LogP contribution is -2.48. The number of benzene rings is 2. The molecule has 144 valence electrons. The summed E-state index contributed by atoms with van der Waals surface area (Å²) in [5, 5.41) is 3.11. The Morgan fingerprint density at radius 2 is 1.89 bits per heavy atom. The highest BCUT2D eigenvalue weighted by atomic mass is 19.1. The van der Waals surface area contributed by atoms with Crippen molar-refractivity contribution in [3.05, 3.63) is 58.9 Å². The Kier molecular flexibility index (Phi) is 5.96. The third kappa shape index (κ3) is 4.39. The summed E-state index contributed by atoms with van der Waals surface area (Å²) in [6, 6.07) is 10.8. The number of methoxy groups -OCH3 is 1. The lowest BCUT2D eigenvalue weighted by molar-refractivity contribution is 0.0628. The highest BCUT2D eigenvalue weighted by Gasteiger charge is 2.22. The maximum absolute atomic E-state index is 13.8. The standard InChI is InChI=1S/C21H26FN3O2/c1-15-12-17(5-6-19(15)23-2)21(26)25-10-8-24(9-11-25)14-16-4-7-20(27-3)18(22)13-16/h4-7,12-13,23H,8-11,14H2,1-3H3. The average molecular weight is 371 g/mol. The number of hydrogen-bond acceptors (Lipinski definition) is 4. The van der Waals surface area contributed by atoms with Crippen molar-refractivity contribution in [3.8, 4) is 5.75 Å². The zero-order valence-electron chi connectivity index (χ0n) is 16.1. The largest absolute Gasteiger partial charge is 0.494 e. The Bertz CT molecular complexity index is 817. The van der Waals surface area contributed by atoms with Crippen molar-refractivity contribution in [2.24, 2.45) is 0 Å². The molecule has 0 spiro atoms. The van der Waals surface area contributed by atoms with E-state index in [9.17, 15) is 9.18 Å². The molecule has 2 aromatic rings. The van der Waals surface area contributed by atoms with E-state index in [0.717, 1.165) is 35.5 Å². The fraction of sp³-hybridized carbons (Fsp3) is 0.381. The van der Waals surface area contributed by atoms with Crippen LogP contribution in [0.3, 0.4) is 0 Å². The van der Waals surface area contributed by atoms with Gasteiger partial charge >= 0.3 is 0 Å². The molecular weight excluding hydrogens is 345 g/mol. The molecule has 0 saturated carbocycles. The van der Waals surface area contributed by atoms with Crippen LogP contribution in [-0.2, 0) is 6.54 Å². The van der Waals surface area contributed by atoms with Crippen LogP contribution in [0.15, 0.2) is 36.4 Å². The fourth-order valence-corrected chi connectivity index (χ4v) is 3.44. The van der Waals surface area contributed by atoms with E-state index in [1.807, 2.05) is 43.1 Å². The molecule has 1 fully saturated rings. The van der Waals surface area contributed by atoms with Crippen LogP contribution >= 0.6 is 0 Å².